The van der Waals surface area contributed by atoms with Crippen LogP contribution >= 0.6 is 11.3 Å². The average molecular weight is 484 g/mol. The van der Waals surface area contributed by atoms with E-state index in [-0.39, 0.29) is 18.4 Å². The third-order valence-electron chi connectivity index (χ3n) is 5.23. The number of carbonyl (C=O) groups is 2. The summed E-state index contributed by atoms with van der Waals surface area (Å²) in [6.45, 7) is 2.04. The Morgan fingerprint density at radius 1 is 1.09 bits per heavy atom. The van der Waals surface area contributed by atoms with Gasteiger partial charge in [-0.1, -0.05) is 12.1 Å². The first kappa shape index (κ1) is 23.5. The Labute approximate surface area is 201 Å². The molecule has 1 aliphatic heterocycles. The summed E-state index contributed by atoms with van der Waals surface area (Å²) in [6.07, 6.45) is 0. The number of nitrogens with one attached hydrogen (secondary N) is 1. The van der Waals surface area contributed by atoms with Gasteiger partial charge in [-0.25, -0.2) is 4.98 Å². The van der Waals surface area contributed by atoms with Crippen molar-refractivity contribution in [3.63, 3.8) is 0 Å². The number of rotatable bonds is 8. The number of ether oxygens (including phenoxy) is 4. The van der Waals surface area contributed by atoms with Crippen LogP contribution in [0.3, 0.4) is 0 Å². The maximum atomic E-state index is 12.8. The molecule has 2 heterocycles. The van der Waals surface area contributed by atoms with Gasteiger partial charge in [0.1, 0.15) is 5.75 Å². The Hall–Kier alpha value is -3.63. The number of thiazole rings is 1. The Morgan fingerprint density at radius 3 is 2.68 bits per heavy atom. The van der Waals surface area contributed by atoms with Crippen LogP contribution in [0.15, 0.2) is 47.8 Å². The summed E-state index contributed by atoms with van der Waals surface area (Å²) in [5.74, 6) is 1.02. The zero-order valence-corrected chi connectivity index (χ0v) is 19.7. The van der Waals surface area contributed by atoms with Crippen molar-refractivity contribution in [2.45, 2.75) is 0 Å². The van der Waals surface area contributed by atoms with E-state index in [0.29, 0.717) is 48.5 Å². The van der Waals surface area contributed by atoms with E-state index in [4.69, 9.17) is 18.9 Å². The van der Waals surface area contributed by atoms with Crippen LogP contribution in [0.2, 0.25) is 0 Å². The minimum atomic E-state index is -0.333. The fraction of sp³-hybridized carbons (Fsp3) is 0.292. The molecule has 178 valence electrons. The van der Waals surface area contributed by atoms with Crippen molar-refractivity contribution in [2.24, 2.45) is 0 Å². The summed E-state index contributed by atoms with van der Waals surface area (Å²) in [5.41, 5.74) is 2.01. The van der Waals surface area contributed by atoms with Gasteiger partial charge >= 0.3 is 0 Å². The van der Waals surface area contributed by atoms with Gasteiger partial charge in [-0.3, -0.25) is 14.9 Å². The minimum Gasteiger partial charge on any atom is -0.497 e. The molecule has 0 aliphatic carbocycles. The maximum absolute atomic E-state index is 12.8. The summed E-state index contributed by atoms with van der Waals surface area (Å²) in [4.78, 5) is 31.3. The first-order valence-corrected chi connectivity index (χ1v) is 11.5. The Bertz CT molecular complexity index is 1160. The van der Waals surface area contributed by atoms with Gasteiger partial charge in [-0.05, 0) is 30.3 Å². The third kappa shape index (κ3) is 5.64. The average Bonchev–Trinajstić information content (AvgIpc) is 3.36. The molecule has 0 radical (unpaired) electrons. The summed E-state index contributed by atoms with van der Waals surface area (Å²) in [6, 6.07) is 12.4. The lowest BCUT2D eigenvalue weighted by Gasteiger charge is -2.26. The molecule has 1 saturated heterocycles. The molecule has 2 aromatic carbocycles. The molecule has 2 amide bonds. The molecule has 1 N–H and O–H groups in total. The van der Waals surface area contributed by atoms with Crippen LogP contribution in [0.1, 0.15) is 10.4 Å². The number of morpholine rings is 1. The number of hydrogen-bond acceptors (Lipinski definition) is 8. The zero-order chi connectivity index (χ0) is 23.9. The minimum absolute atomic E-state index is 0.117. The monoisotopic (exact) mass is 483 g/mol. The Balaban J connectivity index is 1.39. The lowest BCUT2D eigenvalue weighted by Crippen LogP contribution is -2.43. The predicted octanol–water partition coefficient (Wildman–Crippen LogP) is 3.32. The predicted molar refractivity (Wildman–Crippen MR) is 128 cm³/mol. The van der Waals surface area contributed by atoms with Crippen molar-refractivity contribution in [1.29, 1.82) is 0 Å². The summed E-state index contributed by atoms with van der Waals surface area (Å²) in [7, 11) is 3.09. The van der Waals surface area contributed by atoms with Crippen LogP contribution in [0, 0.1) is 0 Å². The zero-order valence-electron chi connectivity index (χ0n) is 18.9. The van der Waals surface area contributed by atoms with E-state index in [9.17, 15) is 9.59 Å². The lowest BCUT2D eigenvalue weighted by atomic mass is 10.2. The Morgan fingerprint density at radius 2 is 1.91 bits per heavy atom. The second kappa shape index (κ2) is 11.0. The van der Waals surface area contributed by atoms with Crippen molar-refractivity contribution in [3.05, 3.63) is 53.4 Å². The number of anilines is 1. The first-order valence-electron chi connectivity index (χ1n) is 10.6. The highest BCUT2D eigenvalue weighted by molar-refractivity contribution is 7.14. The van der Waals surface area contributed by atoms with Crippen molar-refractivity contribution in [1.82, 2.24) is 9.88 Å². The molecule has 0 unspecified atom stereocenters. The van der Waals surface area contributed by atoms with Crippen LogP contribution in [-0.4, -0.2) is 68.8 Å². The van der Waals surface area contributed by atoms with Gasteiger partial charge in [-0.2, -0.15) is 0 Å². The summed E-state index contributed by atoms with van der Waals surface area (Å²) < 4.78 is 21.5. The van der Waals surface area contributed by atoms with Crippen LogP contribution in [0.4, 0.5) is 5.13 Å². The maximum Gasteiger partial charge on any atom is 0.260 e. The highest BCUT2D eigenvalue weighted by Gasteiger charge is 2.19. The summed E-state index contributed by atoms with van der Waals surface area (Å²) in [5, 5.41) is 5.15. The van der Waals surface area contributed by atoms with E-state index >= 15 is 0 Å². The third-order valence-corrected chi connectivity index (χ3v) is 5.99. The van der Waals surface area contributed by atoms with Crippen molar-refractivity contribution in [3.8, 4) is 28.5 Å². The molecule has 1 fully saturated rings. The molecule has 9 nitrogen and oxygen atoms in total. The van der Waals surface area contributed by atoms with E-state index in [1.54, 1.807) is 30.2 Å². The highest BCUT2D eigenvalue weighted by Crippen LogP contribution is 2.30. The quantitative estimate of drug-likeness (QED) is 0.525. The number of methoxy groups -OCH3 is 2. The smallest absolute Gasteiger partial charge is 0.260 e. The summed E-state index contributed by atoms with van der Waals surface area (Å²) >= 11 is 1.33. The molecule has 1 aromatic heterocycles. The van der Waals surface area contributed by atoms with Gasteiger partial charge in [-0.15, -0.1) is 11.3 Å². The first-order chi connectivity index (χ1) is 16.6. The highest BCUT2D eigenvalue weighted by atomic mass is 32.1. The van der Waals surface area contributed by atoms with Crippen LogP contribution in [0.25, 0.3) is 11.3 Å². The molecular formula is C24H25N3O6S. The normalized spacial score (nSPS) is 13.3. The fourth-order valence-corrected chi connectivity index (χ4v) is 4.10. The number of hydrogen-bond donors (Lipinski definition) is 1. The number of aromatic nitrogens is 1. The Kier molecular flexibility index (Phi) is 7.61. The van der Waals surface area contributed by atoms with Gasteiger partial charge in [0, 0.05) is 29.6 Å². The molecule has 0 saturated carbocycles. The van der Waals surface area contributed by atoms with Crippen molar-refractivity contribution in [2.75, 3.05) is 52.4 Å². The second-order valence-corrected chi connectivity index (χ2v) is 8.23. The number of carbonyl (C=O) groups excluding carboxylic acids is 2. The molecule has 1 aliphatic rings. The molecule has 0 spiro atoms. The SMILES string of the molecule is COc1cccc(-c2csc(NC(=O)c3ccc(OCC(=O)N4CCOCC4)c(OC)c3)n2)c1. The van der Waals surface area contributed by atoms with Gasteiger partial charge in [0.05, 0.1) is 33.1 Å². The van der Waals surface area contributed by atoms with Gasteiger partial charge in [0.25, 0.3) is 11.8 Å². The number of nitrogens with zero attached hydrogens (tertiary/aromatic N) is 2. The fourth-order valence-electron chi connectivity index (χ4n) is 3.39. The number of amides is 2. The topological polar surface area (TPSA) is 99.2 Å². The van der Waals surface area contributed by atoms with Gasteiger partial charge < -0.3 is 23.8 Å². The second-order valence-electron chi connectivity index (χ2n) is 7.37. The van der Waals surface area contributed by atoms with Gasteiger partial charge in [0.15, 0.2) is 23.2 Å². The number of benzene rings is 2. The molecule has 4 rings (SSSR count). The van der Waals surface area contributed by atoms with Gasteiger partial charge in [0.2, 0.25) is 0 Å². The molecular weight excluding hydrogens is 458 g/mol. The van der Waals surface area contributed by atoms with Crippen LogP contribution < -0.4 is 19.5 Å². The molecule has 3 aromatic rings. The van der Waals surface area contributed by atoms with E-state index in [2.05, 4.69) is 10.3 Å². The van der Waals surface area contributed by atoms with E-state index < -0.39 is 0 Å². The van der Waals surface area contributed by atoms with E-state index in [1.165, 1.54) is 18.4 Å². The lowest BCUT2D eigenvalue weighted by molar-refractivity contribution is -0.137. The van der Waals surface area contributed by atoms with Crippen molar-refractivity contribution < 1.29 is 28.5 Å². The molecule has 34 heavy (non-hydrogen) atoms. The standard InChI is InChI=1S/C24H25N3O6S/c1-30-18-5-3-4-16(12-18)19-15-34-24(25-19)26-23(29)17-6-7-20(21(13-17)31-2)33-14-22(28)27-8-10-32-11-9-27/h3-7,12-13,15H,8-11,14H2,1-2H3,(H,25,26,29). The van der Waals surface area contributed by atoms with Crippen molar-refractivity contribution >= 4 is 28.3 Å². The van der Waals surface area contributed by atoms with Crippen LogP contribution in [0.5, 0.6) is 17.2 Å². The van der Waals surface area contributed by atoms with E-state index in [0.717, 1.165) is 17.0 Å². The van der Waals surface area contributed by atoms with E-state index in [1.807, 2.05) is 29.6 Å². The van der Waals surface area contributed by atoms with Crippen LogP contribution in [-0.2, 0) is 9.53 Å². The molecule has 10 heteroatoms. The molecule has 0 bridgehead atoms. The largest absolute Gasteiger partial charge is 0.497 e. The molecule has 0 atom stereocenters.